The Kier molecular flexibility index (Phi) is 3.24. The first kappa shape index (κ1) is 10.7. The van der Waals surface area contributed by atoms with Crippen LogP contribution in [0.25, 0.3) is 0 Å². The van der Waals surface area contributed by atoms with Gasteiger partial charge in [0.05, 0.1) is 17.9 Å². The van der Waals surface area contributed by atoms with Crippen molar-refractivity contribution in [2.24, 2.45) is 0 Å². The highest BCUT2D eigenvalue weighted by Gasteiger charge is 2.09. The van der Waals surface area contributed by atoms with Gasteiger partial charge < -0.3 is 9.94 Å². The van der Waals surface area contributed by atoms with E-state index in [9.17, 15) is 10.0 Å². The molecule has 4 nitrogen and oxygen atoms in total. The smallest absolute Gasteiger partial charge is 0.340 e. The van der Waals surface area contributed by atoms with E-state index in [1.54, 1.807) is 13.8 Å². The lowest BCUT2D eigenvalue weighted by molar-refractivity contribution is 0.0373. The molecule has 1 aromatic heterocycles. The molecule has 0 saturated carbocycles. The molecule has 0 fully saturated rings. The summed E-state index contributed by atoms with van der Waals surface area (Å²) in [6, 6.07) is 2.98. The Bertz CT molecular complexity index is 397. The zero-order chi connectivity index (χ0) is 10.7. The van der Waals surface area contributed by atoms with Gasteiger partial charge in [0.2, 0.25) is 0 Å². The van der Waals surface area contributed by atoms with E-state index in [0.717, 1.165) is 0 Å². The molecule has 0 bridgehead atoms. The first-order valence-corrected chi connectivity index (χ1v) is 4.54. The topological polar surface area (TPSA) is 51.5 Å². The van der Waals surface area contributed by atoms with E-state index in [1.165, 1.54) is 18.3 Å². The van der Waals surface area contributed by atoms with Crippen LogP contribution in [0, 0.1) is 4.64 Å². The van der Waals surface area contributed by atoms with Crippen LogP contribution in [-0.2, 0) is 4.74 Å². The molecule has 5 heteroatoms. The molecule has 0 spiro atoms. The Balaban J connectivity index is 2.92. The van der Waals surface area contributed by atoms with Crippen molar-refractivity contribution in [3.63, 3.8) is 0 Å². The molecule has 0 amide bonds. The molecule has 14 heavy (non-hydrogen) atoms. The Morgan fingerprint density at radius 2 is 2.21 bits per heavy atom. The average Bonchev–Trinajstić information content (AvgIpc) is 2.08. The lowest BCUT2D eigenvalue weighted by Crippen LogP contribution is -2.12. The number of aromatic nitrogens is 1. The fourth-order valence-electron chi connectivity index (χ4n) is 0.879. The predicted molar refractivity (Wildman–Crippen MR) is 53.0 cm³/mol. The summed E-state index contributed by atoms with van der Waals surface area (Å²) in [6.45, 7) is 3.51. The van der Waals surface area contributed by atoms with Gasteiger partial charge in [-0.05, 0) is 26.0 Å². The number of esters is 1. The quantitative estimate of drug-likeness (QED) is 0.464. The highest BCUT2D eigenvalue weighted by Crippen LogP contribution is 2.03. The highest BCUT2D eigenvalue weighted by atomic mass is 32.1. The third-order valence-electron chi connectivity index (χ3n) is 1.47. The van der Waals surface area contributed by atoms with Crippen molar-refractivity contribution in [3.8, 4) is 0 Å². The van der Waals surface area contributed by atoms with Crippen molar-refractivity contribution >= 4 is 18.2 Å². The Morgan fingerprint density at radius 3 is 2.71 bits per heavy atom. The third kappa shape index (κ3) is 2.56. The van der Waals surface area contributed by atoms with E-state index >= 15 is 0 Å². The summed E-state index contributed by atoms with van der Waals surface area (Å²) >= 11 is 4.75. The minimum absolute atomic E-state index is 0.183. The van der Waals surface area contributed by atoms with E-state index in [-0.39, 0.29) is 16.3 Å². The van der Waals surface area contributed by atoms with Crippen molar-refractivity contribution in [2.45, 2.75) is 20.0 Å². The summed E-state index contributed by atoms with van der Waals surface area (Å²) in [5, 5.41) is 9.19. The molecule has 1 heterocycles. The molecule has 0 saturated heterocycles. The number of ether oxygens (including phenoxy) is 1. The van der Waals surface area contributed by atoms with E-state index < -0.39 is 5.97 Å². The molecule has 0 aliphatic rings. The van der Waals surface area contributed by atoms with Gasteiger partial charge in [-0.25, -0.2) is 4.79 Å². The van der Waals surface area contributed by atoms with Gasteiger partial charge in [0.1, 0.15) is 4.64 Å². The van der Waals surface area contributed by atoms with Gasteiger partial charge in [-0.15, -0.1) is 0 Å². The summed E-state index contributed by atoms with van der Waals surface area (Å²) in [5.74, 6) is -0.474. The number of rotatable bonds is 2. The van der Waals surface area contributed by atoms with Crippen molar-refractivity contribution in [3.05, 3.63) is 28.5 Å². The maximum Gasteiger partial charge on any atom is 0.340 e. The maximum atomic E-state index is 11.3. The lowest BCUT2D eigenvalue weighted by Gasteiger charge is -2.07. The highest BCUT2D eigenvalue weighted by molar-refractivity contribution is 7.71. The SMILES string of the molecule is CC(C)OC(=O)c1ccc(=S)n(O)c1. The minimum Gasteiger partial charge on any atom is -0.459 e. The fraction of sp³-hybridized carbons (Fsp3) is 0.333. The van der Waals surface area contributed by atoms with Gasteiger partial charge in [0, 0.05) is 0 Å². The summed E-state index contributed by atoms with van der Waals surface area (Å²) in [6.07, 6.45) is 1.05. The molecule has 0 radical (unpaired) electrons. The summed E-state index contributed by atoms with van der Waals surface area (Å²) in [4.78, 5) is 11.3. The number of hydrogen-bond donors (Lipinski definition) is 1. The van der Waals surface area contributed by atoms with E-state index in [2.05, 4.69) is 0 Å². The lowest BCUT2D eigenvalue weighted by atomic mass is 10.3. The molecule has 76 valence electrons. The van der Waals surface area contributed by atoms with E-state index in [0.29, 0.717) is 4.73 Å². The van der Waals surface area contributed by atoms with Crippen LogP contribution in [0.3, 0.4) is 0 Å². The first-order valence-electron chi connectivity index (χ1n) is 4.13. The van der Waals surface area contributed by atoms with Crippen LogP contribution in [0.4, 0.5) is 0 Å². The van der Waals surface area contributed by atoms with Crippen LogP contribution in [-0.4, -0.2) is 22.0 Å². The van der Waals surface area contributed by atoms with Gasteiger partial charge >= 0.3 is 5.97 Å². The molecular formula is C9H11NO3S. The van der Waals surface area contributed by atoms with Gasteiger partial charge in [-0.2, -0.15) is 4.73 Å². The molecule has 0 aromatic carbocycles. The molecule has 0 aliphatic heterocycles. The van der Waals surface area contributed by atoms with Crippen LogP contribution in [0.15, 0.2) is 18.3 Å². The molecule has 0 unspecified atom stereocenters. The second kappa shape index (κ2) is 4.23. The van der Waals surface area contributed by atoms with Crippen LogP contribution in [0.1, 0.15) is 24.2 Å². The number of carbonyl (C=O) groups is 1. The van der Waals surface area contributed by atoms with Gasteiger partial charge in [-0.3, -0.25) is 0 Å². The summed E-state index contributed by atoms with van der Waals surface area (Å²) in [7, 11) is 0. The Hall–Kier alpha value is -1.36. The largest absolute Gasteiger partial charge is 0.459 e. The van der Waals surface area contributed by atoms with Crippen LogP contribution in [0.2, 0.25) is 0 Å². The third-order valence-corrected chi connectivity index (χ3v) is 1.79. The monoisotopic (exact) mass is 213 g/mol. The average molecular weight is 213 g/mol. The van der Waals surface area contributed by atoms with E-state index in [4.69, 9.17) is 17.0 Å². The Morgan fingerprint density at radius 1 is 1.57 bits per heavy atom. The summed E-state index contributed by atoms with van der Waals surface area (Å²) in [5.41, 5.74) is 0.273. The first-order chi connectivity index (χ1) is 6.50. The second-order valence-corrected chi connectivity index (χ2v) is 3.47. The second-order valence-electron chi connectivity index (χ2n) is 3.05. The summed E-state index contributed by atoms with van der Waals surface area (Å²) < 4.78 is 5.89. The van der Waals surface area contributed by atoms with Crippen molar-refractivity contribution in [1.82, 2.24) is 4.73 Å². The van der Waals surface area contributed by atoms with Gasteiger partial charge in [0.25, 0.3) is 0 Å². The van der Waals surface area contributed by atoms with Gasteiger partial charge in [0.15, 0.2) is 0 Å². The van der Waals surface area contributed by atoms with Crippen LogP contribution in [0.5, 0.6) is 0 Å². The van der Waals surface area contributed by atoms with Crippen LogP contribution >= 0.6 is 12.2 Å². The number of carbonyl (C=O) groups excluding carboxylic acids is 1. The standard InChI is InChI=1S/C9H11NO3S/c1-6(2)13-9(11)7-3-4-8(14)10(12)5-7/h3-6,12H,1-2H3. The molecule has 1 aromatic rings. The molecule has 1 rings (SSSR count). The van der Waals surface area contributed by atoms with Gasteiger partial charge in [-0.1, -0.05) is 12.2 Å². The van der Waals surface area contributed by atoms with Crippen LogP contribution < -0.4 is 0 Å². The molecular weight excluding hydrogens is 202 g/mol. The molecule has 0 atom stereocenters. The number of pyridine rings is 1. The van der Waals surface area contributed by atoms with Crippen molar-refractivity contribution in [1.29, 1.82) is 0 Å². The Labute approximate surface area is 86.7 Å². The fourth-order valence-corrected chi connectivity index (χ4v) is 0.999. The van der Waals surface area contributed by atoms with Crippen molar-refractivity contribution in [2.75, 3.05) is 0 Å². The number of nitrogens with zero attached hydrogens (tertiary/aromatic N) is 1. The number of hydrogen-bond acceptors (Lipinski definition) is 4. The molecule has 1 N–H and O–H groups in total. The minimum atomic E-state index is -0.474. The van der Waals surface area contributed by atoms with Crippen molar-refractivity contribution < 1.29 is 14.7 Å². The predicted octanol–water partition coefficient (Wildman–Crippen LogP) is 2.02. The normalized spacial score (nSPS) is 10.2. The maximum absolute atomic E-state index is 11.3. The molecule has 0 aliphatic carbocycles. The zero-order valence-corrected chi connectivity index (χ0v) is 8.75. The van der Waals surface area contributed by atoms with E-state index in [1.807, 2.05) is 0 Å². The zero-order valence-electron chi connectivity index (χ0n) is 7.93.